The van der Waals surface area contributed by atoms with Crippen LogP contribution in [0.3, 0.4) is 0 Å². The summed E-state index contributed by atoms with van der Waals surface area (Å²) in [5, 5.41) is 10.2. The van der Waals surface area contributed by atoms with Gasteiger partial charge in [-0.25, -0.2) is 4.79 Å². The standard InChI is InChI=1S/C12H10ClIN2O3/c13-7-4-8(14)11(19-9(5-15)12(17)18)10-6(7)2-1-3-16-10/h1-4,9H,5,15H2,(H,17,18). The van der Waals surface area contributed by atoms with Crippen LogP contribution in [0.2, 0.25) is 5.02 Å². The first kappa shape index (κ1) is 14.3. The van der Waals surface area contributed by atoms with Gasteiger partial charge in [0.25, 0.3) is 0 Å². The number of nitrogens with two attached hydrogens (primary N) is 1. The first-order valence-electron chi connectivity index (χ1n) is 5.37. The number of benzene rings is 1. The van der Waals surface area contributed by atoms with Gasteiger partial charge < -0.3 is 15.6 Å². The van der Waals surface area contributed by atoms with Gasteiger partial charge in [-0.1, -0.05) is 11.6 Å². The van der Waals surface area contributed by atoms with E-state index >= 15 is 0 Å². The lowest BCUT2D eigenvalue weighted by molar-refractivity contribution is -0.144. The molecular weight excluding hydrogens is 383 g/mol. The Kier molecular flexibility index (Phi) is 4.43. The average molecular weight is 393 g/mol. The van der Waals surface area contributed by atoms with E-state index in [9.17, 15) is 4.79 Å². The lowest BCUT2D eigenvalue weighted by Crippen LogP contribution is -2.35. The van der Waals surface area contributed by atoms with Crippen molar-refractivity contribution in [2.75, 3.05) is 6.54 Å². The molecule has 1 atom stereocenters. The van der Waals surface area contributed by atoms with Gasteiger partial charge in [-0.05, 0) is 40.8 Å². The predicted molar refractivity (Wildman–Crippen MR) is 80.6 cm³/mol. The van der Waals surface area contributed by atoms with Crippen LogP contribution in [0.15, 0.2) is 24.4 Å². The topological polar surface area (TPSA) is 85.4 Å². The van der Waals surface area contributed by atoms with E-state index < -0.39 is 12.1 Å². The van der Waals surface area contributed by atoms with Gasteiger partial charge in [0.1, 0.15) is 5.52 Å². The fourth-order valence-corrected chi connectivity index (χ4v) is 2.74. The Morgan fingerprint density at radius 2 is 2.37 bits per heavy atom. The number of hydrogen-bond donors (Lipinski definition) is 2. The fraction of sp³-hybridized carbons (Fsp3) is 0.167. The second kappa shape index (κ2) is 5.89. The highest BCUT2D eigenvalue weighted by atomic mass is 127. The molecule has 19 heavy (non-hydrogen) atoms. The van der Waals surface area contributed by atoms with E-state index in [-0.39, 0.29) is 6.54 Å². The average Bonchev–Trinajstić information content (AvgIpc) is 2.38. The summed E-state index contributed by atoms with van der Waals surface area (Å²) < 4.78 is 6.16. The molecule has 2 aromatic rings. The maximum Gasteiger partial charge on any atom is 0.346 e. The Morgan fingerprint density at radius 3 is 3.00 bits per heavy atom. The molecule has 0 spiro atoms. The quantitative estimate of drug-likeness (QED) is 0.780. The summed E-state index contributed by atoms with van der Waals surface area (Å²) in [5.41, 5.74) is 5.92. The second-order valence-corrected chi connectivity index (χ2v) is 5.32. The minimum absolute atomic E-state index is 0.123. The third kappa shape index (κ3) is 2.90. The van der Waals surface area contributed by atoms with Crippen LogP contribution in [-0.2, 0) is 4.79 Å². The van der Waals surface area contributed by atoms with Crippen molar-refractivity contribution in [1.82, 2.24) is 4.98 Å². The van der Waals surface area contributed by atoms with E-state index in [1.54, 1.807) is 24.4 Å². The molecule has 1 unspecified atom stereocenters. The first-order chi connectivity index (χ1) is 9.04. The molecule has 3 N–H and O–H groups in total. The zero-order valence-corrected chi connectivity index (χ0v) is 12.6. The molecule has 0 aliphatic heterocycles. The number of carboxylic acid groups (broad SMARTS) is 1. The molecule has 1 aromatic carbocycles. The van der Waals surface area contributed by atoms with Crippen molar-refractivity contribution in [3.05, 3.63) is 33.0 Å². The van der Waals surface area contributed by atoms with Gasteiger partial charge in [-0.2, -0.15) is 0 Å². The molecule has 0 saturated heterocycles. The fourth-order valence-electron chi connectivity index (χ4n) is 1.60. The predicted octanol–water partition coefficient (Wildman–Crippen LogP) is 2.28. The Bertz CT molecular complexity index is 636. The zero-order valence-electron chi connectivity index (χ0n) is 9.64. The Balaban J connectivity index is 2.56. The number of carboxylic acids is 1. The van der Waals surface area contributed by atoms with Gasteiger partial charge >= 0.3 is 5.97 Å². The molecule has 7 heteroatoms. The van der Waals surface area contributed by atoms with Crippen LogP contribution in [-0.4, -0.2) is 28.7 Å². The van der Waals surface area contributed by atoms with Crippen LogP contribution in [0.4, 0.5) is 0 Å². The number of pyridine rings is 1. The van der Waals surface area contributed by atoms with Gasteiger partial charge in [-0.15, -0.1) is 0 Å². The van der Waals surface area contributed by atoms with Crippen molar-refractivity contribution >= 4 is 51.1 Å². The molecule has 0 amide bonds. The molecule has 0 fully saturated rings. The molecule has 0 aliphatic carbocycles. The number of halogens is 2. The van der Waals surface area contributed by atoms with E-state index in [0.29, 0.717) is 25.2 Å². The molecule has 0 bridgehead atoms. The summed E-state index contributed by atoms with van der Waals surface area (Å²) in [6.07, 6.45) is 0.486. The molecule has 1 heterocycles. The summed E-state index contributed by atoms with van der Waals surface area (Å²) in [5.74, 6) is -0.726. The van der Waals surface area contributed by atoms with Gasteiger partial charge in [0, 0.05) is 18.1 Å². The minimum atomic E-state index is -1.11. The third-order valence-electron chi connectivity index (χ3n) is 2.50. The molecule has 0 saturated carbocycles. The van der Waals surface area contributed by atoms with Crippen LogP contribution in [0.5, 0.6) is 5.75 Å². The summed E-state index contributed by atoms with van der Waals surface area (Å²) in [6.45, 7) is -0.123. The van der Waals surface area contributed by atoms with Gasteiger partial charge in [0.15, 0.2) is 5.75 Å². The van der Waals surface area contributed by atoms with Crippen molar-refractivity contribution < 1.29 is 14.6 Å². The third-order valence-corrected chi connectivity index (χ3v) is 3.61. The van der Waals surface area contributed by atoms with Crippen LogP contribution in [0.1, 0.15) is 0 Å². The lowest BCUT2D eigenvalue weighted by atomic mass is 10.2. The number of carbonyl (C=O) groups is 1. The number of ether oxygens (including phenoxy) is 1. The summed E-state index contributed by atoms with van der Waals surface area (Å²) in [4.78, 5) is 15.2. The highest BCUT2D eigenvalue weighted by Crippen LogP contribution is 2.35. The molecule has 0 aliphatic rings. The van der Waals surface area contributed by atoms with Crippen LogP contribution < -0.4 is 10.5 Å². The van der Waals surface area contributed by atoms with Crippen LogP contribution >= 0.6 is 34.2 Å². The maximum atomic E-state index is 11.0. The van der Waals surface area contributed by atoms with Crippen molar-refractivity contribution in [3.63, 3.8) is 0 Å². The number of rotatable bonds is 4. The smallest absolute Gasteiger partial charge is 0.346 e. The van der Waals surface area contributed by atoms with Crippen molar-refractivity contribution in [2.24, 2.45) is 5.73 Å². The molecule has 1 aromatic heterocycles. The number of aromatic nitrogens is 1. The van der Waals surface area contributed by atoms with E-state index in [4.69, 9.17) is 27.2 Å². The van der Waals surface area contributed by atoms with E-state index in [2.05, 4.69) is 4.98 Å². The van der Waals surface area contributed by atoms with Crippen molar-refractivity contribution in [1.29, 1.82) is 0 Å². The molecule has 100 valence electrons. The van der Waals surface area contributed by atoms with Crippen LogP contribution in [0.25, 0.3) is 10.9 Å². The largest absolute Gasteiger partial charge is 0.478 e. The highest BCUT2D eigenvalue weighted by molar-refractivity contribution is 14.1. The molecule has 5 nitrogen and oxygen atoms in total. The first-order valence-corrected chi connectivity index (χ1v) is 6.82. The number of nitrogens with zero attached hydrogens (tertiary/aromatic N) is 1. The van der Waals surface area contributed by atoms with Crippen LogP contribution in [0, 0.1) is 3.57 Å². The number of fused-ring (bicyclic) bond motifs is 1. The number of aliphatic carboxylic acids is 1. The lowest BCUT2D eigenvalue weighted by Gasteiger charge is -2.16. The summed E-state index contributed by atoms with van der Waals surface area (Å²) in [7, 11) is 0. The number of hydrogen-bond acceptors (Lipinski definition) is 4. The Morgan fingerprint density at radius 1 is 1.63 bits per heavy atom. The molecule has 0 radical (unpaired) electrons. The van der Waals surface area contributed by atoms with Gasteiger partial charge in [-0.3, -0.25) is 4.98 Å². The Hall–Kier alpha value is -1.12. The highest BCUT2D eigenvalue weighted by Gasteiger charge is 2.21. The van der Waals surface area contributed by atoms with Gasteiger partial charge in [0.2, 0.25) is 6.10 Å². The Labute approximate surface area is 127 Å². The maximum absolute atomic E-state index is 11.0. The zero-order chi connectivity index (χ0) is 14.0. The molecular formula is C12H10ClIN2O3. The van der Waals surface area contributed by atoms with E-state index in [1.807, 2.05) is 22.6 Å². The van der Waals surface area contributed by atoms with Crippen molar-refractivity contribution in [2.45, 2.75) is 6.10 Å². The normalized spacial score (nSPS) is 12.4. The van der Waals surface area contributed by atoms with E-state index in [0.717, 1.165) is 0 Å². The second-order valence-electron chi connectivity index (χ2n) is 3.75. The monoisotopic (exact) mass is 392 g/mol. The SMILES string of the molecule is NCC(Oc1c(I)cc(Cl)c2cccnc12)C(=O)O. The van der Waals surface area contributed by atoms with Crippen molar-refractivity contribution in [3.8, 4) is 5.75 Å². The minimum Gasteiger partial charge on any atom is -0.478 e. The molecule has 2 rings (SSSR count). The van der Waals surface area contributed by atoms with Gasteiger partial charge in [0.05, 0.1) is 8.59 Å². The summed E-state index contributed by atoms with van der Waals surface area (Å²) in [6, 6.07) is 5.26. The van der Waals surface area contributed by atoms with E-state index in [1.165, 1.54) is 0 Å². The summed E-state index contributed by atoms with van der Waals surface area (Å²) >= 11 is 8.15.